The average molecular weight is 384 g/mol. The molecule has 2 aromatic carbocycles. The first-order valence-electron chi connectivity index (χ1n) is 5.55. The van der Waals surface area contributed by atoms with Gasteiger partial charge in [-0.3, -0.25) is 0 Å². The Hall–Kier alpha value is -0.710. The molecule has 0 spiro atoms. The molecule has 6 heteroatoms. The second-order valence-corrected chi connectivity index (χ2v) is 5.42. The molecule has 2 aromatic rings. The number of rotatable bonds is 2. The van der Waals surface area contributed by atoms with Crippen LogP contribution in [0.4, 0.5) is 13.2 Å². The lowest BCUT2D eigenvalue weighted by molar-refractivity contribution is -0.137. The first-order valence-corrected chi connectivity index (χ1v) is 7.43. The summed E-state index contributed by atoms with van der Waals surface area (Å²) in [7, 11) is 0. The van der Waals surface area contributed by atoms with Crippen molar-refractivity contribution in [2.75, 3.05) is 0 Å². The van der Waals surface area contributed by atoms with Crippen LogP contribution < -0.4 is 0 Å². The maximum atomic E-state index is 13.2. The summed E-state index contributed by atoms with van der Waals surface area (Å²) in [5.74, 6) is 0. The first-order chi connectivity index (χ1) is 9.36. The third-order valence-corrected chi connectivity index (χ3v) is 4.24. The normalized spacial score (nSPS) is 11.7. The van der Waals surface area contributed by atoms with E-state index in [1.807, 2.05) is 0 Å². The predicted octanol–water partition coefficient (Wildman–Crippen LogP) is 6.57. The van der Waals surface area contributed by atoms with Crippen molar-refractivity contribution in [3.05, 3.63) is 57.6 Å². The van der Waals surface area contributed by atoms with Gasteiger partial charge in [0.25, 0.3) is 0 Å². The Kier molecular flexibility index (Phi) is 4.67. The van der Waals surface area contributed by atoms with E-state index in [1.54, 1.807) is 12.1 Å². The zero-order chi connectivity index (χ0) is 14.9. The maximum Gasteiger partial charge on any atom is 0.417 e. The highest BCUT2D eigenvalue weighted by molar-refractivity contribution is 9.08. The lowest BCUT2D eigenvalue weighted by atomic mass is 9.94. The zero-order valence-electron chi connectivity index (χ0n) is 9.94. The van der Waals surface area contributed by atoms with E-state index in [1.165, 1.54) is 18.2 Å². The minimum absolute atomic E-state index is 0.0596. The van der Waals surface area contributed by atoms with Gasteiger partial charge in [0.1, 0.15) is 0 Å². The Balaban J connectivity index is 2.81. The summed E-state index contributed by atoms with van der Waals surface area (Å²) in [6, 6.07) is 8.69. The van der Waals surface area contributed by atoms with Gasteiger partial charge in [-0.25, -0.2) is 0 Å². The molecule has 0 N–H and O–H groups in total. The smallest absolute Gasteiger partial charge is 0.166 e. The van der Waals surface area contributed by atoms with E-state index >= 15 is 0 Å². The molecule has 0 unspecified atom stereocenters. The Morgan fingerprint density at radius 3 is 2.25 bits per heavy atom. The van der Waals surface area contributed by atoms with Gasteiger partial charge in [0.05, 0.1) is 15.6 Å². The molecular formula is C14H8BrCl2F3. The summed E-state index contributed by atoms with van der Waals surface area (Å²) in [4.78, 5) is 0. The minimum Gasteiger partial charge on any atom is -0.166 e. The van der Waals surface area contributed by atoms with Crippen LogP contribution in [-0.4, -0.2) is 0 Å². The zero-order valence-corrected chi connectivity index (χ0v) is 13.0. The second-order valence-electron chi connectivity index (χ2n) is 4.07. The molecule has 0 nitrogen and oxygen atoms in total. The fourth-order valence-corrected chi connectivity index (χ4v) is 2.82. The van der Waals surface area contributed by atoms with Crippen LogP contribution in [0.2, 0.25) is 10.0 Å². The molecule has 0 saturated carbocycles. The van der Waals surface area contributed by atoms with Gasteiger partial charge in [-0.1, -0.05) is 63.4 Å². The van der Waals surface area contributed by atoms with Gasteiger partial charge in [0, 0.05) is 10.9 Å². The highest BCUT2D eigenvalue weighted by Crippen LogP contribution is 2.43. The van der Waals surface area contributed by atoms with Crippen molar-refractivity contribution in [2.24, 2.45) is 0 Å². The van der Waals surface area contributed by atoms with Crippen molar-refractivity contribution in [2.45, 2.75) is 11.5 Å². The van der Waals surface area contributed by atoms with E-state index in [0.29, 0.717) is 5.56 Å². The quantitative estimate of drug-likeness (QED) is 0.514. The van der Waals surface area contributed by atoms with Crippen LogP contribution in [0.3, 0.4) is 0 Å². The fraction of sp³-hybridized carbons (Fsp3) is 0.143. The Morgan fingerprint density at radius 2 is 1.65 bits per heavy atom. The third kappa shape index (κ3) is 2.97. The van der Waals surface area contributed by atoms with Crippen molar-refractivity contribution >= 4 is 39.1 Å². The van der Waals surface area contributed by atoms with E-state index < -0.39 is 11.7 Å². The molecule has 0 saturated heterocycles. The van der Waals surface area contributed by atoms with Gasteiger partial charge < -0.3 is 0 Å². The first kappa shape index (κ1) is 15.7. The largest absolute Gasteiger partial charge is 0.417 e. The molecule has 20 heavy (non-hydrogen) atoms. The van der Waals surface area contributed by atoms with Gasteiger partial charge in [-0.05, 0) is 23.3 Å². The molecule has 0 fully saturated rings. The Bertz CT molecular complexity index is 639. The third-order valence-electron chi connectivity index (χ3n) is 2.82. The van der Waals surface area contributed by atoms with Gasteiger partial charge in [0.15, 0.2) is 0 Å². The highest BCUT2D eigenvalue weighted by Gasteiger charge is 2.35. The Morgan fingerprint density at radius 1 is 1.00 bits per heavy atom. The molecule has 0 bridgehead atoms. The summed E-state index contributed by atoms with van der Waals surface area (Å²) < 4.78 is 39.6. The van der Waals surface area contributed by atoms with E-state index in [9.17, 15) is 13.2 Å². The van der Waals surface area contributed by atoms with Crippen LogP contribution in [-0.2, 0) is 11.5 Å². The standard InChI is InChI=1S/C14H8BrCl2F3/c15-7-8-3-1-5-10(14(18,19)20)12(8)9-4-2-6-11(16)13(9)17/h1-6H,7H2. The summed E-state index contributed by atoms with van der Waals surface area (Å²) in [6.45, 7) is 0. The van der Waals surface area contributed by atoms with Crippen LogP contribution >= 0.6 is 39.1 Å². The topological polar surface area (TPSA) is 0 Å². The molecule has 0 radical (unpaired) electrons. The van der Waals surface area contributed by atoms with Gasteiger partial charge in [0.2, 0.25) is 0 Å². The average Bonchev–Trinajstić information content (AvgIpc) is 2.40. The number of benzene rings is 2. The summed E-state index contributed by atoms with van der Waals surface area (Å²) in [5.41, 5.74) is 0.119. The van der Waals surface area contributed by atoms with Crippen molar-refractivity contribution in [1.82, 2.24) is 0 Å². The van der Waals surface area contributed by atoms with Crippen LogP contribution in [0.1, 0.15) is 11.1 Å². The molecule has 2 rings (SSSR count). The van der Waals surface area contributed by atoms with Gasteiger partial charge >= 0.3 is 6.18 Å². The summed E-state index contributed by atoms with van der Waals surface area (Å²) >= 11 is 15.2. The number of alkyl halides is 4. The predicted molar refractivity (Wildman–Crippen MR) is 79.5 cm³/mol. The molecule has 0 aromatic heterocycles. The molecule has 0 aliphatic rings. The van der Waals surface area contributed by atoms with Crippen LogP contribution in [0.15, 0.2) is 36.4 Å². The van der Waals surface area contributed by atoms with Crippen molar-refractivity contribution < 1.29 is 13.2 Å². The van der Waals surface area contributed by atoms with E-state index in [4.69, 9.17) is 23.2 Å². The SMILES string of the molecule is FC(F)(F)c1cccc(CBr)c1-c1cccc(Cl)c1Cl. The molecule has 0 heterocycles. The van der Waals surface area contributed by atoms with Gasteiger partial charge in [-0.2, -0.15) is 13.2 Å². The summed E-state index contributed by atoms with van der Waals surface area (Å²) in [6.07, 6.45) is -4.46. The number of halogens is 6. The molecule has 0 aliphatic carbocycles. The van der Waals surface area contributed by atoms with Crippen LogP contribution in [0.5, 0.6) is 0 Å². The molecule has 0 aliphatic heterocycles. The Labute approximate surface area is 132 Å². The van der Waals surface area contributed by atoms with E-state index in [0.717, 1.165) is 6.07 Å². The number of hydrogen-bond acceptors (Lipinski definition) is 0. The lowest BCUT2D eigenvalue weighted by Gasteiger charge is -2.17. The fourth-order valence-electron chi connectivity index (χ4n) is 1.96. The van der Waals surface area contributed by atoms with Crippen molar-refractivity contribution in [3.63, 3.8) is 0 Å². The minimum atomic E-state index is -4.46. The number of hydrogen-bond donors (Lipinski definition) is 0. The second kappa shape index (κ2) is 5.96. The summed E-state index contributed by atoms with van der Waals surface area (Å²) in [5, 5.41) is 0.629. The molecular weight excluding hydrogens is 376 g/mol. The van der Waals surface area contributed by atoms with Crippen molar-refractivity contribution in [3.8, 4) is 11.1 Å². The molecule has 0 atom stereocenters. The molecule has 106 valence electrons. The monoisotopic (exact) mass is 382 g/mol. The van der Waals surface area contributed by atoms with Crippen molar-refractivity contribution in [1.29, 1.82) is 0 Å². The molecule has 0 amide bonds. The lowest BCUT2D eigenvalue weighted by Crippen LogP contribution is -2.08. The highest BCUT2D eigenvalue weighted by atomic mass is 79.9. The van der Waals surface area contributed by atoms with Gasteiger partial charge in [-0.15, -0.1) is 0 Å². The van der Waals surface area contributed by atoms with E-state index in [2.05, 4.69) is 15.9 Å². The van der Waals surface area contributed by atoms with Crippen LogP contribution in [0.25, 0.3) is 11.1 Å². The van der Waals surface area contributed by atoms with Crippen LogP contribution in [0, 0.1) is 0 Å². The maximum absolute atomic E-state index is 13.2. The van der Waals surface area contributed by atoms with E-state index in [-0.39, 0.29) is 26.5 Å².